The standard InChI is InChI=1S/C11H21F3N2O/c12-11(13,14)10-16(8-9-17)7-3-6-15-4-1-2-5-15/h17H,1-10H2. The van der Waals surface area contributed by atoms with E-state index in [0.29, 0.717) is 6.54 Å². The van der Waals surface area contributed by atoms with E-state index in [-0.39, 0.29) is 13.2 Å². The van der Waals surface area contributed by atoms with Crippen LogP contribution in [0.4, 0.5) is 13.2 Å². The first-order chi connectivity index (χ1) is 8.01. The summed E-state index contributed by atoms with van der Waals surface area (Å²) in [5.41, 5.74) is 0. The van der Waals surface area contributed by atoms with Gasteiger partial charge in [0.1, 0.15) is 0 Å². The van der Waals surface area contributed by atoms with Crippen LogP contribution in [0.1, 0.15) is 19.3 Å². The molecule has 0 aromatic carbocycles. The Balaban J connectivity index is 2.18. The van der Waals surface area contributed by atoms with Crippen molar-refractivity contribution in [3.05, 3.63) is 0 Å². The molecule has 0 amide bonds. The van der Waals surface area contributed by atoms with Gasteiger partial charge in [0.05, 0.1) is 13.2 Å². The lowest BCUT2D eigenvalue weighted by Crippen LogP contribution is -2.38. The smallest absolute Gasteiger partial charge is 0.395 e. The van der Waals surface area contributed by atoms with Crippen molar-refractivity contribution in [1.29, 1.82) is 0 Å². The molecule has 0 unspecified atom stereocenters. The minimum Gasteiger partial charge on any atom is -0.395 e. The summed E-state index contributed by atoms with van der Waals surface area (Å²) in [6.45, 7) is 2.35. The van der Waals surface area contributed by atoms with Gasteiger partial charge in [-0.05, 0) is 45.4 Å². The molecule has 0 spiro atoms. The normalized spacial score (nSPS) is 18.2. The van der Waals surface area contributed by atoms with Crippen molar-refractivity contribution in [1.82, 2.24) is 9.80 Å². The number of likely N-dealkylation sites (tertiary alicyclic amines) is 1. The number of nitrogens with zero attached hydrogens (tertiary/aromatic N) is 2. The molecule has 0 radical (unpaired) electrons. The second-order valence-corrected chi connectivity index (χ2v) is 4.52. The Hall–Kier alpha value is -0.330. The Morgan fingerprint density at radius 2 is 1.76 bits per heavy atom. The van der Waals surface area contributed by atoms with Crippen LogP contribution in [-0.2, 0) is 0 Å². The molecule has 3 nitrogen and oxygen atoms in total. The fourth-order valence-corrected chi connectivity index (χ4v) is 2.19. The van der Waals surface area contributed by atoms with Gasteiger partial charge in [-0.15, -0.1) is 0 Å². The number of hydrogen-bond donors (Lipinski definition) is 1. The Morgan fingerprint density at radius 3 is 2.29 bits per heavy atom. The number of halogens is 3. The predicted molar refractivity (Wildman–Crippen MR) is 59.9 cm³/mol. The number of aliphatic hydroxyl groups excluding tert-OH is 1. The molecule has 0 aromatic rings. The van der Waals surface area contributed by atoms with Crippen molar-refractivity contribution < 1.29 is 18.3 Å². The van der Waals surface area contributed by atoms with Gasteiger partial charge in [0.25, 0.3) is 0 Å². The highest BCUT2D eigenvalue weighted by atomic mass is 19.4. The average Bonchev–Trinajstić information content (AvgIpc) is 2.68. The summed E-state index contributed by atoms with van der Waals surface area (Å²) in [6, 6.07) is 0. The van der Waals surface area contributed by atoms with Crippen LogP contribution >= 0.6 is 0 Å². The number of hydrogen-bond acceptors (Lipinski definition) is 3. The quantitative estimate of drug-likeness (QED) is 0.742. The van der Waals surface area contributed by atoms with E-state index in [4.69, 9.17) is 5.11 Å². The summed E-state index contributed by atoms with van der Waals surface area (Å²) in [7, 11) is 0. The van der Waals surface area contributed by atoms with E-state index >= 15 is 0 Å². The maximum Gasteiger partial charge on any atom is 0.401 e. The Bertz CT molecular complexity index is 205. The maximum absolute atomic E-state index is 12.2. The van der Waals surface area contributed by atoms with E-state index in [1.807, 2.05) is 0 Å². The van der Waals surface area contributed by atoms with E-state index in [0.717, 1.165) is 26.1 Å². The molecule has 1 N–H and O–H groups in total. The average molecular weight is 254 g/mol. The van der Waals surface area contributed by atoms with Gasteiger partial charge in [-0.25, -0.2) is 0 Å². The van der Waals surface area contributed by atoms with Crippen LogP contribution in [0.15, 0.2) is 0 Å². The first-order valence-electron chi connectivity index (χ1n) is 6.13. The van der Waals surface area contributed by atoms with Crippen LogP contribution in [-0.4, -0.2) is 67.0 Å². The zero-order valence-electron chi connectivity index (χ0n) is 10.0. The second kappa shape index (κ2) is 7.18. The SMILES string of the molecule is OCCN(CCCN1CCCC1)CC(F)(F)F. The fraction of sp³-hybridized carbons (Fsp3) is 1.00. The van der Waals surface area contributed by atoms with Gasteiger partial charge < -0.3 is 10.0 Å². The minimum atomic E-state index is -4.18. The monoisotopic (exact) mass is 254 g/mol. The van der Waals surface area contributed by atoms with Gasteiger partial charge in [0.2, 0.25) is 0 Å². The Morgan fingerprint density at radius 1 is 1.12 bits per heavy atom. The van der Waals surface area contributed by atoms with E-state index in [9.17, 15) is 13.2 Å². The summed E-state index contributed by atoms with van der Waals surface area (Å²) in [5.74, 6) is 0. The summed E-state index contributed by atoms with van der Waals surface area (Å²) >= 11 is 0. The molecule has 1 saturated heterocycles. The zero-order chi connectivity index (χ0) is 12.7. The number of rotatable bonds is 7. The molecule has 102 valence electrons. The molecule has 1 aliphatic heterocycles. The maximum atomic E-state index is 12.2. The van der Waals surface area contributed by atoms with Crippen molar-refractivity contribution in [2.75, 3.05) is 45.9 Å². The molecule has 0 saturated carbocycles. The largest absolute Gasteiger partial charge is 0.401 e. The molecule has 0 atom stereocenters. The molecule has 0 aromatic heterocycles. The third-order valence-electron chi connectivity index (χ3n) is 2.97. The molecule has 1 aliphatic rings. The minimum absolute atomic E-state index is 0.0967. The summed E-state index contributed by atoms with van der Waals surface area (Å²) in [4.78, 5) is 3.56. The van der Waals surface area contributed by atoms with Crippen LogP contribution in [0, 0.1) is 0 Å². The highest BCUT2D eigenvalue weighted by molar-refractivity contribution is 4.68. The van der Waals surface area contributed by atoms with Crippen molar-refractivity contribution in [3.8, 4) is 0 Å². The summed E-state index contributed by atoms with van der Waals surface area (Å²) < 4.78 is 36.7. The van der Waals surface area contributed by atoms with Crippen molar-refractivity contribution >= 4 is 0 Å². The molecular weight excluding hydrogens is 233 g/mol. The zero-order valence-corrected chi connectivity index (χ0v) is 10.0. The lowest BCUT2D eigenvalue weighted by molar-refractivity contribution is -0.146. The molecular formula is C11H21F3N2O. The van der Waals surface area contributed by atoms with Crippen LogP contribution in [0.5, 0.6) is 0 Å². The molecule has 0 aliphatic carbocycles. The Kier molecular flexibility index (Phi) is 6.22. The third kappa shape index (κ3) is 6.85. The molecule has 17 heavy (non-hydrogen) atoms. The van der Waals surface area contributed by atoms with Crippen LogP contribution in [0.3, 0.4) is 0 Å². The van der Waals surface area contributed by atoms with E-state index in [1.54, 1.807) is 0 Å². The molecule has 1 rings (SSSR count). The lowest BCUT2D eigenvalue weighted by Gasteiger charge is -2.23. The molecule has 1 heterocycles. The van der Waals surface area contributed by atoms with Crippen molar-refractivity contribution in [3.63, 3.8) is 0 Å². The van der Waals surface area contributed by atoms with Gasteiger partial charge in [-0.3, -0.25) is 4.90 Å². The summed E-state index contributed by atoms with van der Waals surface area (Å²) in [6.07, 6.45) is -1.05. The fourth-order valence-electron chi connectivity index (χ4n) is 2.19. The molecule has 0 bridgehead atoms. The van der Waals surface area contributed by atoms with E-state index in [2.05, 4.69) is 4.90 Å². The third-order valence-corrected chi connectivity index (χ3v) is 2.97. The molecule has 6 heteroatoms. The molecule has 1 fully saturated rings. The highest BCUT2D eigenvalue weighted by Crippen LogP contribution is 2.16. The first kappa shape index (κ1) is 14.7. The lowest BCUT2D eigenvalue weighted by atomic mass is 10.3. The van der Waals surface area contributed by atoms with Crippen LogP contribution < -0.4 is 0 Å². The first-order valence-corrected chi connectivity index (χ1v) is 6.13. The van der Waals surface area contributed by atoms with Crippen LogP contribution in [0.2, 0.25) is 0 Å². The van der Waals surface area contributed by atoms with Gasteiger partial charge in [0.15, 0.2) is 0 Å². The van der Waals surface area contributed by atoms with Gasteiger partial charge in [0, 0.05) is 6.54 Å². The topological polar surface area (TPSA) is 26.7 Å². The van der Waals surface area contributed by atoms with Crippen molar-refractivity contribution in [2.24, 2.45) is 0 Å². The van der Waals surface area contributed by atoms with Gasteiger partial charge >= 0.3 is 6.18 Å². The number of aliphatic hydroxyl groups is 1. The van der Waals surface area contributed by atoms with Gasteiger partial charge in [-0.2, -0.15) is 13.2 Å². The van der Waals surface area contributed by atoms with E-state index < -0.39 is 12.7 Å². The van der Waals surface area contributed by atoms with E-state index in [1.165, 1.54) is 17.7 Å². The highest BCUT2D eigenvalue weighted by Gasteiger charge is 2.30. The summed E-state index contributed by atoms with van der Waals surface area (Å²) in [5, 5.41) is 8.72. The predicted octanol–water partition coefficient (Wildman–Crippen LogP) is 1.33. The Labute approximate surface area is 100 Å². The second-order valence-electron chi connectivity index (χ2n) is 4.52. The van der Waals surface area contributed by atoms with Crippen molar-refractivity contribution in [2.45, 2.75) is 25.4 Å². The number of alkyl halides is 3. The van der Waals surface area contributed by atoms with Gasteiger partial charge in [-0.1, -0.05) is 0 Å². The van der Waals surface area contributed by atoms with Crippen LogP contribution in [0.25, 0.3) is 0 Å².